The van der Waals surface area contributed by atoms with Crippen LogP contribution in [0.1, 0.15) is 55.3 Å². The molecule has 6 nitrogen and oxygen atoms in total. The van der Waals surface area contributed by atoms with Crippen LogP contribution in [0.15, 0.2) is 52.7 Å². The summed E-state index contributed by atoms with van der Waals surface area (Å²) in [4.78, 5) is 0. The minimum absolute atomic E-state index is 0.0694. The molecule has 0 fully saturated rings. The molecule has 0 unspecified atom stereocenters. The average Bonchev–Trinajstić information content (AvgIpc) is 2.67. The van der Waals surface area contributed by atoms with E-state index in [1.54, 1.807) is 6.07 Å². The molecule has 0 bridgehead atoms. The van der Waals surface area contributed by atoms with Gasteiger partial charge in [0.1, 0.15) is 29.6 Å². The van der Waals surface area contributed by atoms with Crippen LogP contribution >= 0.6 is 0 Å². The molecular formula is C21H25N3O3. The Kier molecular flexibility index (Phi) is 6.08. The number of nitrogens with zero attached hydrogens (tertiary/aromatic N) is 3. The zero-order valence-electron chi connectivity index (χ0n) is 15.4. The first-order valence-corrected chi connectivity index (χ1v) is 9.30. The van der Waals surface area contributed by atoms with Gasteiger partial charge < -0.3 is 10.2 Å². The lowest BCUT2D eigenvalue weighted by Crippen LogP contribution is -2.33. The lowest BCUT2D eigenvalue weighted by molar-refractivity contribution is -0.0296. The van der Waals surface area contributed by atoms with Crippen LogP contribution in [-0.2, 0) is 6.42 Å². The molecule has 0 amide bonds. The molecule has 142 valence electrons. The first-order chi connectivity index (χ1) is 13.1. The number of hydrogen-bond donors (Lipinski definition) is 3. The Morgan fingerprint density at radius 2 is 1.78 bits per heavy atom. The molecule has 1 atom stereocenters. The summed E-state index contributed by atoms with van der Waals surface area (Å²) in [5.41, 5.74) is 2.56. The molecule has 27 heavy (non-hydrogen) atoms. The quantitative estimate of drug-likeness (QED) is 0.633. The fraction of sp³-hybridized carbons (Fsp3) is 0.333. The van der Waals surface area contributed by atoms with E-state index < -0.39 is 6.04 Å². The average molecular weight is 367 g/mol. The summed E-state index contributed by atoms with van der Waals surface area (Å²) in [6.45, 7) is 2.15. The highest BCUT2D eigenvalue weighted by atomic mass is 16.5. The molecule has 0 spiro atoms. The van der Waals surface area contributed by atoms with Gasteiger partial charge in [-0.05, 0) is 24.5 Å². The van der Waals surface area contributed by atoms with E-state index in [0.717, 1.165) is 41.9 Å². The maximum Gasteiger partial charge on any atom is 0.139 e. The topological polar surface area (TPSA) is 88.7 Å². The van der Waals surface area contributed by atoms with Crippen molar-refractivity contribution in [2.24, 2.45) is 10.2 Å². The van der Waals surface area contributed by atoms with Crippen LogP contribution in [0.2, 0.25) is 0 Å². The van der Waals surface area contributed by atoms with Gasteiger partial charge in [0.2, 0.25) is 0 Å². The lowest BCUT2D eigenvalue weighted by atomic mass is 9.92. The van der Waals surface area contributed by atoms with Gasteiger partial charge in [-0.3, -0.25) is 5.21 Å². The van der Waals surface area contributed by atoms with E-state index in [4.69, 9.17) is 0 Å². The van der Waals surface area contributed by atoms with Crippen LogP contribution in [-0.4, -0.2) is 32.5 Å². The van der Waals surface area contributed by atoms with E-state index in [1.165, 1.54) is 12.4 Å². The summed E-state index contributed by atoms with van der Waals surface area (Å²) in [6, 6.07) is 11.8. The molecule has 6 heteroatoms. The Bertz CT molecular complexity index is 834. The molecule has 2 aromatic carbocycles. The van der Waals surface area contributed by atoms with E-state index in [-0.39, 0.29) is 11.5 Å². The highest BCUT2D eigenvalue weighted by Crippen LogP contribution is 2.37. The van der Waals surface area contributed by atoms with Gasteiger partial charge in [0.25, 0.3) is 0 Å². The minimum atomic E-state index is -0.708. The van der Waals surface area contributed by atoms with Crippen LogP contribution < -0.4 is 0 Å². The Morgan fingerprint density at radius 1 is 1.00 bits per heavy atom. The highest BCUT2D eigenvalue weighted by Gasteiger charge is 2.30. The maximum atomic E-state index is 10.5. The summed E-state index contributed by atoms with van der Waals surface area (Å²) in [7, 11) is 0. The molecule has 1 heterocycles. The van der Waals surface area contributed by atoms with Gasteiger partial charge in [-0.25, -0.2) is 5.06 Å². The van der Waals surface area contributed by atoms with Crippen molar-refractivity contribution < 1.29 is 15.4 Å². The highest BCUT2D eigenvalue weighted by molar-refractivity contribution is 6.06. The standard InChI is InChI=1S/C21H25N3O3/c1-2-3-4-6-11-16-12-17(19(26)13-18(16)25)21-20(23-22-14-24(21)27)15-9-7-5-8-10-15/h5,7-10,12-14,21,25-27H,2-4,6,11H2,1H3/t21-/m0/s1. The number of rotatable bonds is 7. The Balaban J connectivity index is 1.95. The Labute approximate surface area is 159 Å². The summed E-state index contributed by atoms with van der Waals surface area (Å²) in [5, 5.41) is 40.1. The second-order valence-corrected chi connectivity index (χ2v) is 6.72. The first-order valence-electron chi connectivity index (χ1n) is 9.30. The number of unbranched alkanes of at least 4 members (excludes halogenated alkanes) is 3. The maximum absolute atomic E-state index is 10.5. The second kappa shape index (κ2) is 8.68. The van der Waals surface area contributed by atoms with Crippen LogP contribution in [0.3, 0.4) is 0 Å². The van der Waals surface area contributed by atoms with Crippen molar-refractivity contribution >= 4 is 12.1 Å². The van der Waals surface area contributed by atoms with Crippen molar-refractivity contribution in [1.29, 1.82) is 0 Å². The van der Waals surface area contributed by atoms with Gasteiger partial charge in [-0.15, -0.1) is 5.10 Å². The fourth-order valence-corrected chi connectivity index (χ4v) is 3.30. The predicted molar refractivity (Wildman–Crippen MR) is 105 cm³/mol. The summed E-state index contributed by atoms with van der Waals surface area (Å²) in [6.07, 6.45) is 6.27. The first kappa shape index (κ1) is 18.9. The third-order valence-electron chi connectivity index (χ3n) is 4.75. The van der Waals surface area contributed by atoms with Gasteiger partial charge >= 0.3 is 0 Å². The number of hydroxylamine groups is 2. The Hall–Kier alpha value is -2.86. The van der Waals surface area contributed by atoms with Crippen molar-refractivity contribution in [2.75, 3.05) is 0 Å². The third-order valence-corrected chi connectivity index (χ3v) is 4.75. The largest absolute Gasteiger partial charge is 0.508 e. The van der Waals surface area contributed by atoms with Crippen LogP contribution in [0.4, 0.5) is 0 Å². The zero-order valence-corrected chi connectivity index (χ0v) is 15.4. The van der Waals surface area contributed by atoms with Crippen molar-refractivity contribution in [1.82, 2.24) is 5.06 Å². The number of benzene rings is 2. The van der Waals surface area contributed by atoms with Crippen LogP contribution in [0, 0.1) is 0 Å². The lowest BCUT2D eigenvalue weighted by Gasteiger charge is -2.28. The fourth-order valence-electron chi connectivity index (χ4n) is 3.30. The molecule has 3 N–H and O–H groups in total. The number of aryl methyl sites for hydroxylation is 1. The monoisotopic (exact) mass is 367 g/mol. The van der Waals surface area contributed by atoms with Crippen molar-refractivity contribution in [3.8, 4) is 11.5 Å². The van der Waals surface area contributed by atoms with E-state index in [1.807, 2.05) is 30.3 Å². The minimum Gasteiger partial charge on any atom is -0.508 e. The number of hydrogen-bond acceptors (Lipinski definition) is 6. The van der Waals surface area contributed by atoms with Gasteiger partial charge in [-0.2, -0.15) is 5.10 Å². The molecule has 1 aliphatic heterocycles. The van der Waals surface area contributed by atoms with E-state index in [2.05, 4.69) is 17.1 Å². The number of aromatic hydroxyl groups is 2. The SMILES string of the molecule is CCCCCCc1cc([C@H]2C(c3ccccc3)=NN=CN2O)c(O)cc1O. The summed E-state index contributed by atoms with van der Waals surface area (Å²) in [5.74, 6) is -0.0206. The zero-order chi connectivity index (χ0) is 19.2. The molecule has 0 aromatic heterocycles. The molecule has 0 aliphatic carbocycles. The molecule has 0 radical (unpaired) electrons. The van der Waals surface area contributed by atoms with Crippen molar-refractivity contribution in [3.63, 3.8) is 0 Å². The smallest absolute Gasteiger partial charge is 0.139 e. The molecule has 0 saturated heterocycles. The molecule has 1 aliphatic rings. The molecule has 0 saturated carbocycles. The Morgan fingerprint density at radius 3 is 2.52 bits per heavy atom. The molecule has 3 rings (SSSR count). The summed E-state index contributed by atoms with van der Waals surface area (Å²) >= 11 is 0. The number of phenols is 2. The predicted octanol–water partition coefficient (Wildman–Crippen LogP) is 4.40. The van der Waals surface area contributed by atoms with Gasteiger partial charge in [-0.1, -0.05) is 56.5 Å². The van der Waals surface area contributed by atoms with Gasteiger partial charge in [0.05, 0.1) is 0 Å². The van der Waals surface area contributed by atoms with Crippen molar-refractivity contribution in [2.45, 2.75) is 45.1 Å². The van der Waals surface area contributed by atoms with E-state index in [9.17, 15) is 15.4 Å². The number of phenolic OH excluding ortho intramolecular Hbond substituents is 2. The summed E-state index contributed by atoms with van der Waals surface area (Å²) < 4.78 is 0. The van der Waals surface area contributed by atoms with Gasteiger partial charge in [0.15, 0.2) is 0 Å². The molecule has 2 aromatic rings. The van der Waals surface area contributed by atoms with E-state index >= 15 is 0 Å². The van der Waals surface area contributed by atoms with Crippen LogP contribution in [0.5, 0.6) is 11.5 Å². The van der Waals surface area contributed by atoms with Gasteiger partial charge in [0, 0.05) is 17.2 Å². The van der Waals surface area contributed by atoms with Crippen molar-refractivity contribution in [3.05, 3.63) is 59.2 Å². The normalized spacial score (nSPS) is 16.4. The third kappa shape index (κ3) is 4.28. The van der Waals surface area contributed by atoms with Crippen LogP contribution in [0.25, 0.3) is 0 Å². The molecular weight excluding hydrogens is 342 g/mol. The second-order valence-electron chi connectivity index (χ2n) is 6.72. The van der Waals surface area contributed by atoms with E-state index in [0.29, 0.717) is 17.7 Å².